The third kappa shape index (κ3) is 4.94. The molecule has 1 aliphatic heterocycles. The summed E-state index contributed by atoms with van der Waals surface area (Å²) < 4.78 is 6.82. The van der Waals surface area contributed by atoms with Crippen LogP contribution in [0.25, 0.3) is 0 Å². The van der Waals surface area contributed by atoms with E-state index >= 15 is 0 Å². The van der Waals surface area contributed by atoms with E-state index in [1.54, 1.807) is 13.1 Å². The Morgan fingerprint density at radius 3 is 2.64 bits per heavy atom. The predicted molar refractivity (Wildman–Crippen MR) is 94.8 cm³/mol. The summed E-state index contributed by atoms with van der Waals surface area (Å²) in [6, 6.07) is 3.90. The first-order chi connectivity index (χ1) is 12.1. The lowest BCUT2D eigenvalue weighted by molar-refractivity contribution is 0.0831. The zero-order chi connectivity index (χ0) is 17.6. The van der Waals surface area contributed by atoms with Gasteiger partial charge in [0.15, 0.2) is 0 Å². The number of carbonyl (C=O) groups is 1. The zero-order valence-electron chi connectivity index (χ0n) is 14.7. The van der Waals surface area contributed by atoms with Gasteiger partial charge in [-0.15, -0.1) is 0 Å². The average Bonchev–Trinajstić information content (AvgIpc) is 2.56. The second-order valence-corrected chi connectivity index (χ2v) is 6.75. The fourth-order valence-corrected chi connectivity index (χ4v) is 3.11. The number of nitrogens with zero attached hydrogens (tertiary/aromatic N) is 3. The van der Waals surface area contributed by atoms with Crippen LogP contribution in [0.2, 0.25) is 0 Å². The number of aromatic nitrogens is 2. The number of ether oxygens (including phenoxy) is 1. The number of piperidine rings is 1. The Bertz CT molecular complexity index is 635. The normalized spacial score (nSPS) is 18.7. The highest BCUT2D eigenvalue weighted by Crippen LogP contribution is 2.19. The van der Waals surface area contributed by atoms with Crippen LogP contribution in [-0.4, -0.2) is 54.2 Å². The molecule has 2 N–H and O–H groups in total. The molecule has 0 atom stereocenters. The van der Waals surface area contributed by atoms with Gasteiger partial charge in [-0.05, 0) is 18.9 Å². The first kappa shape index (κ1) is 17.7. The minimum Gasteiger partial charge on any atom is -0.446 e. The Morgan fingerprint density at radius 1 is 1.24 bits per heavy atom. The number of anilines is 1. The highest BCUT2D eigenvalue weighted by atomic mass is 16.6. The minimum atomic E-state index is -0.339. The second-order valence-electron chi connectivity index (χ2n) is 6.75. The molecule has 1 saturated heterocycles. The van der Waals surface area contributed by atoms with Crippen LogP contribution in [-0.2, 0) is 11.8 Å². The third-order valence-corrected chi connectivity index (χ3v) is 4.92. The fraction of sp³-hybridized carbons (Fsp3) is 0.706. The number of rotatable bonds is 6. The van der Waals surface area contributed by atoms with Gasteiger partial charge in [0.05, 0.1) is 0 Å². The van der Waals surface area contributed by atoms with Crippen LogP contribution in [0.5, 0.6) is 0 Å². The van der Waals surface area contributed by atoms with E-state index in [0.717, 1.165) is 38.3 Å². The van der Waals surface area contributed by atoms with Gasteiger partial charge in [0.2, 0.25) is 0 Å². The Labute approximate surface area is 147 Å². The van der Waals surface area contributed by atoms with Crippen molar-refractivity contribution in [1.82, 2.24) is 20.4 Å². The first-order valence-corrected chi connectivity index (χ1v) is 9.09. The minimum absolute atomic E-state index is 0.0663. The summed E-state index contributed by atoms with van der Waals surface area (Å²) >= 11 is 0. The smallest absolute Gasteiger partial charge is 0.407 e. The van der Waals surface area contributed by atoms with Gasteiger partial charge in [0, 0.05) is 58.2 Å². The molecule has 0 bridgehead atoms. The van der Waals surface area contributed by atoms with E-state index in [2.05, 4.69) is 20.6 Å². The Balaban J connectivity index is 1.34. The fourth-order valence-electron chi connectivity index (χ4n) is 3.11. The van der Waals surface area contributed by atoms with Crippen LogP contribution < -0.4 is 21.1 Å². The molecule has 1 amide bonds. The van der Waals surface area contributed by atoms with Crippen molar-refractivity contribution in [3.8, 4) is 0 Å². The SMILES string of the molecule is Cn1nc(N2CCC(OC(=O)NCCNC3CCC3)CC2)ccc1=O. The van der Waals surface area contributed by atoms with Gasteiger partial charge in [-0.2, -0.15) is 5.10 Å². The summed E-state index contributed by atoms with van der Waals surface area (Å²) in [6.45, 7) is 2.89. The Kier molecular flexibility index (Phi) is 5.91. The molecule has 0 radical (unpaired) electrons. The number of aryl methyl sites for hydroxylation is 1. The van der Waals surface area contributed by atoms with Gasteiger partial charge in [0.25, 0.3) is 5.56 Å². The predicted octanol–water partition coefficient (Wildman–Crippen LogP) is 0.617. The lowest BCUT2D eigenvalue weighted by Crippen LogP contribution is -2.43. The largest absolute Gasteiger partial charge is 0.446 e. The van der Waals surface area contributed by atoms with Crippen molar-refractivity contribution in [2.24, 2.45) is 7.05 Å². The van der Waals surface area contributed by atoms with Crippen molar-refractivity contribution < 1.29 is 9.53 Å². The van der Waals surface area contributed by atoms with Gasteiger partial charge in [0.1, 0.15) is 11.9 Å². The molecule has 0 aromatic carbocycles. The monoisotopic (exact) mass is 349 g/mol. The van der Waals surface area contributed by atoms with E-state index in [9.17, 15) is 9.59 Å². The van der Waals surface area contributed by atoms with Crippen LogP contribution in [0, 0.1) is 0 Å². The number of alkyl carbamates (subject to hydrolysis) is 1. The Morgan fingerprint density at radius 2 is 2.00 bits per heavy atom. The molecule has 1 aromatic heterocycles. The Hall–Kier alpha value is -2.09. The molecule has 2 fully saturated rings. The van der Waals surface area contributed by atoms with E-state index in [1.165, 1.54) is 30.0 Å². The highest BCUT2D eigenvalue weighted by molar-refractivity contribution is 5.67. The van der Waals surface area contributed by atoms with E-state index < -0.39 is 0 Å². The molecular weight excluding hydrogens is 322 g/mol. The highest BCUT2D eigenvalue weighted by Gasteiger charge is 2.23. The molecule has 0 spiro atoms. The summed E-state index contributed by atoms with van der Waals surface area (Å²) in [5, 5.41) is 10.5. The summed E-state index contributed by atoms with van der Waals surface area (Å²) in [4.78, 5) is 25.4. The lowest BCUT2D eigenvalue weighted by Gasteiger charge is -2.32. The van der Waals surface area contributed by atoms with Crippen molar-refractivity contribution in [2.45, 2.75) is 44.2 Å². The maximum atomic E-state index is 11.8. The van der Waals surface area contributed by atoms with Crippen molar-refractivity contribution in [1.29, 1.82) is 0 Å². The van der Waals surface area contributed by atoms with Gasteiger partial charge in [-0.25, -0.2) is 9.48 Å². The van der Waals surface area contributed by atoms with Crippen LogP contribution in [0.4, 0.5) is 10.6 Å². The summed E-state index contributed by atoms with van der Waals surface area (Å²) in [7, 11) is 1.64. The van der Waals surface area contributed by atoms with Crippen LogP contribution >= 0.6 is 0 Å². The summed E-state index contributed by atoms with van der Waals surface area (Å²) in [6.07, 6.45) is 4.91. The van der Waals surface area contributed by atoms with Crippen molar-refractivity contribution >= 4 is 11.9 Å². The molecule has 1 saturated carbocycles. The standard InChI is InChI=1S/C17H27N5O3/c1-21-16(23)6-5-15(20-21)22-11-7-14(8-12-22)25-17(24)19-10-9-18-13-3-2-4-13/h5-6,13-14,18H,2-4,7-12H2,1H3,(H,19,24). The van der Waals surface area contributed by atoms with E-state index in [0.29, 0.717) is 12.6 Å². The quantitative estimate of drug-likeness (QED) is 0.732. The third-order valence-electron chi connectivity index (χ3n) is 4.92. The molecule has 3 rings (SSSR count). The van der Waals surface area contributed by atoms with E-state index in [4.69, 9.17) is 4.74 Å². The van der Waals surface area contributed by atoms with Crippen LogP contribution in [0.3, 0.4) is 0 Å². The van der Waals surface area contributed by atoms with E-state index in [-0.39, 0.29) is 17.8 Å². The lowest BCUT2D eigenvalue weighted by atomic mass is 9.93. The summed E-state index contributed by atoms with van der Waals surface area (Å²) in [5.41, 5.74) is -0.120. The van der Waals surface area contributed by atoms with Crippen molar-refractivity contribution in [3.63, 3.8) is 0 Å². The van der Waals surface area contributed by atoms with Crippen LogP contribution in [0.15, 0.2) is 16.9 Å². The molecular formula is C17H27N5O3. The molecule has 25 heavy (non-hydrogen) atoms. The molecule has 138 valence electrons. The topological polar surface area (TPSA) is 88.5 Å². The van der Waals surface area contributed by atoms with E-state index in [1.807, 2.05) is 0 Å². The molecule has 2 heterocycles. The van der Waals surface area contributed by atoms with Crippen LogP contribution in [0.1, 0.15) is 32.1 Å². The number of amides is 1. The van der Waals surface area contributed by atoms with Crippen molar-refractivity contribution in [2.75, 3.05) is 31.1 Å². The molecule has 0 unspecified atom stereocenters. The molecule has 8 nitrogen and oxygen atoms in total. The first-order valence-electron chi connectivity index (χ1n) is 9.09. The second kappa shape index (κ2) is 8.33. The molecule has 1 aromatic rings. The van der Waals surface area contributed by atoms with Gasteiger partial charge < -0.3 is 20.3 Å². The summed E-state index contributed by atoms with van der Waals surface area (Å²) in [5.74, 6) is 0.784. The molecule has 1 aliphatic carbocycles. The molecule has 8 heteroatoms. The van der Waals surface area contributed by atoms with Crippen molar-refractivity contribution in [3.05, 3.63) is 22.5 Å². The van der Waals surface area contributed by atoms with Gasteiger partial charge in [-0.3, -0.25) is 4.79 Å². The number of carbonyl (C=O) groups excluding carboxylic acids is 1. The number of hydrogen-bond acceptors (Lipinski definition) is 6. The van der Waals surface area contributed by atoms with Gasteiger partial charge >= 0.3 is 6.09 Å². The number of nitrogens with one attached hydrogen (secondary N) is 2. The number of hydrogen-bond donors (Lipinski definition) is 2. The molecule has 2 aliphatic rings. The maximum Gasteiger partial charge on any atom is 0.407 e. The zero-order valence-corrected chi connectivity index (χ0v) is 14.7. The van der Waals surface area contributed by atoms with Gasteiger partial charge in [-0.1, -0.05) is 6.42 Å². The maximum absolute atomic E-state index is 11.8. The average molecular weight is 349 g/mol.